The van der Waals surface area contributed by atoms with E-state index < -0.39 is 0 Å². The van der Waals surface area contributed by atoms with E-state index in [-0.39, 0.29) is 11.8 Å². The summed E-state index contributed by atoms with van der Waals surface area (Å²) in [4.78, 5) is 38.4. The molecule has 0 aliphatic carbocycles. The Labute approximate surface area is 137 Å². The van der Waals surface area contributed by atoms with E-state index >= 15 is 0 Å². The standard InChI is InChI=1S/C16H25N5O2/c1-5-19(6-2)15-11-14(17-12(3)18-15)16(23)21-9-7-20(8-10-21)13(4)22/h11H,5-10H2,1-4H3. The predicted molar refractivity (Wildman–Crippen MR) is 88.5 cm³/mol. The first-order valence-electron chi connectivity index (χ1n) is 8.11. The molecule has 0 aromatic carbocycles. The van der Waals surface area contributed by atoms with E-state index in [0.29, 0.717) is 37.7 Å². The average Bonchev–Trinajstić information content (AvgIpc) is 2.55. The van der Waals surface area contributed by atoms with Gasteiger partial charge in [-0.3, -0.25) is 9.59 Å². The van der Waals surface area contributed by atoms with Gasteiger partial charge in [-0.25, -0.2) is 9.97 Å². The third-order valence-electron chi connectivity index (χ3n) is 4.14. The minimum absolute atomic E-state index is 0.0544. The quantitative estimate of drug-likeness (QED) is 0.826. The summed E-state index contributed by atoms with van der Waals surface area (Å²) in [7, 11) is 0. The van der Waals surface area contributed by atoms with E-state index in [1.165, 1.54) is 0 Å². The van der Waals surface area contributed by atoms with Gasteiger partial charge in [-0.15, -0.1) is 0 Å². The molecule has 0 radical (unpaired) electrons. The number of aromatic nitrogens is 2. The van der Waals surface area contributed by atoms with Gasteiger partial charge >= 0.3 is 0 Å². The molecular weight excluding hydrogens is 294 g/mol. The second-order valence-electron chi connectivity index (χ2n) is 5.63. The molecule has 0 bridgehead atoms. The van der Waals surface area contributed by atoms with Gasteiger partial charge in [0, 0.05) is 52.3 Å². The highest BCUT2D eigenvalue weighted by Crippen LogP contribution is 2.15. The Hall–Kier alpha value is -2.18. The Bertz CT molecular complexity index is 578. The first kappa shape index (κ1) is 17.2. The molecule has 1 aromatic heterocycles. The first-order chi connectivity index (χ1) is 11.0. The number of carbonyl (C=O) groups excluding carboxylic acids is 2. The van der Waals surface area contributed by atoms with E-state index in [2.05, 4.69) is 28.7 Å². The highest BCUT2D eigenvalue weighted by atomic mass is 16.2. The Morgan fingerprint density at radius 1 is 1.09 bits per heavy atom. The van der Waals surface area contributed by atoms with Crippen LogP contribution in [0.4, 0.5) is 5.82 Å². The lowest BCUT2D eigenvalue weighted by atomic mass is 10.2. The van der Waals surface area contributed by atoms with Crippen LogP contribution in [0.5, 0.6) is 0 Å². The average molecular weight is 319 g/mol. The normalized spacial score (nSPS) is 14.8. The van der Waals surface area contributed by atoms with Crippen molar-refractivity contribution in [3.63, 3.8) is 0 Å². The molecular formula is C16H25N5O2. The summed E-state index contributed by atoms with van der Waals surface area (Å²) in [6.07, 6.45) is 0. The minimum atomic E-state index is -0.0906. The van der Waals surface area contributed by atoms with Crippen LogP contribution in [0, 0.1) is 6.92 Å². The third kappa shape index (κ3) is 3.97. The Morgan fingerprint density at radius 2 is 1.65 bits per heavy atom. The Balaban J connectivity index is 2.15. The number of hydrogen-bond donors (Lipinski definition) is 0. The first-order valence-corrected chi connectivity index (χ1v) is 8.11. The van der Waals surface area contributed by atoms with E-state index in [9.17, 15) is 9.59 Å². The number of amides is 2. The maximum absolute atomic E-state index is 12.7. The molecule has 7 heteroatoms. The summed E-state index contributed by atoms with van der Waals surface area (Å²) in [5, 5.41) is 0. The van der Waals surface area contributed by atoms with E-state index in [1.54, 1.807) is 29.7 Å². The third-order valence-corrected chi connectivity index (χ3v) is 4.14. The van der Waals surface area contributed by atoms with Crippen molar-refractivity contribution in [2.24, 2.45) is 0 Å². The molecule has 7 nitrogen and oxygen atoms in total. The molecule has 0 saturated carbocycles. The molecule has 2 rings (SSSR count). The van der Waals surface area contributed by atoms with E-state index in [4.69, 9.17) is 0 Å². The molecule has 0 N–H and O–H groups in total. The van der Waals surface area contributed by atoms with Gasteiger partial charge in [-0.2, -0.15) is 0 Å². The molecule has 1 aliphatic rings. The lowest BCUT2D eigenvalue weighted by Crippen LogP contribution is -2.50. The number of piperazine rings is 1. The molecule has 0 unspecified atom stereocenters. The van der Waals surface area contributed by atoms with Gasteiger partial charge in [-0.1, -0.05) is 0 Å². The molecule has 1 aromatic rings. The number of aryl methyl sites for hydroxylation is 1. The number of carbonyl (C=O) groups is 2. The van der Waals surface area contributed by atoms with E-state index in [1.807, 2.05) is 0 Å². The zero-order chi connectivity index (χ0) is 17.0. The number of hydrogen-bond acceptors (Lipinski definition) is 5. The van der Waals surface area contributed by atoms with Gasteiger partial charge in [0.1, 0.15) is 17.3 Å². The van der Waals surface area contributed by atoms with Gasteiger partial charge in [-0.05, 0) is 20.8 Å². The summed E-state index contributed by atoms with van der Waals surface area (Å²) in [5.41, 5.74) is 0.427. The molecule has 126 valence electrons. The fraction of sp³-hybridized carbons (Fsp3) is 0.625. The van der Waals surface area contributed by atoms with Crippen LogP contribution >= 0.6 is 0 Å². The highest BCUT2D eigenvalue weighted by Gasteiger charge is 2.25. The van der Waals surface area contributed by atoms with Gasteiger partial charge in [0.05, 0.1) is 0 Å². The number of rotatable bonds is 4. The molecule has 0 spiro atoms. The lowest BCUT2D eigenvalue weighted by molar-refractivity contribution is -0.130. The van der Waals surface area contributed by atoms with Crippen LogP contribution in [0.2, 0.25) is 0 Å². The summed E-state index contributed by atoms with van der Waals surface area (Å²) >= 11 is 0. The van der Waals surface area contributed by atoms with Crippen molar-refractivity contribution in [1.82, 2.24) is 19.8 Å². The van der Waals surface area contributed by atoms with Crippen LogP contribution in [0.1, 0.15) is 37.1 Å². The maximum Gasteiger partial charge on any atom is 0.272 e. The summed E-state index contributed by atoms with van der Waals surface area (Å²) in [5.74, 6) is 1.35. The fourth-order valence-corrected chi connectivity index (χ4v) is 2.76. The molecule has 1 fully saturated rings. The van der Waals surface area contributed by atoms with Gasteiger partial charge in [0.15, 0.2) is 0 Å². The van der Waals surface area contributed by atoms with Crippen molar-refractivity contribution in [2.45, 2.75) is 27.7 Å². The second kappa shape index (κ2) is 7.39. The van der Waals surface area contributed by atoms with Crippen LogP contribution in [0.25, 0.3) is 0 Å². The number of anilines is 1. The smallest absolute Gasteiger partial charge is 0.272 e. The minimum Gasteiger partial charge on any atom is -0.357 e. The molecule has 0 atom stereocenters. The maximum atomic E-state index is 12.7. The molecule has 23 heavy (non-hydrogen) atoms. The van der Waals surface area contributed by atoms with Crippen molar-refractivity contribution in [3.8, 4) is 0 Å². The van der Waals surface area contributed by atoms with Crippen molar-refractivity contribution >= 4 is 17.6 Å². The largest absolute Gasteiger partial charge is 0.357 e. The van der Waals surface area contributed by atoms with Crippen LogP contribution in [-0.4, -0.2) is 70.9 Å². The van der Waals surface area contributed by atoms with E-state index in [0.717, 1.165) is 18.9 Å². The van der Waals surface area contributed by atoms with Crippen LogP contribution in [0.3, 0.4) is 0 Å². The summed E-state index contributed by atoms with van der Waals surface area (Å²) in [6.45, 7) is 11.4. The summed E-state index contributed by atoms with van der Waals surface area (Å²) in [6, 6.07) is 1.76. The van der Waals surface area contributed by atoms with Crippen molar-refractivity contribution < 1.29 is 9.59 Å². The molecule has 2 heterocycles. The van der Waals surface area contributed by atoms with Gasteiger partial charge < -0.3 is 14.7 Å². The molecule has 1 aliphatic heterocycles. The van der Waals surface area contributed by atoms with Crippen molar-refractivity contribution in [3.05, 3.63) is 17.6 Å². The highest BCUT2D eigenvalue weighted by molar-refractivity contribution is 5.93. The molecule has 1 saturated heterocycles. The second-order valence-corrected chi connectivity index (χ2v) is 5.63. The lowest BCUT2D eigenvalue weighted by Gasteiger charge is -2.34. The SMILES string of the molecule is CCN(CC)c1cc(C(=O)N2CCN(C(C)=O)CC2)nc(C)n1. The Morgan fingerprint density at radius 3 is 2.17 bits per heavy atom. The Kier molecular flexibility index (Phi) is 5.52. The van der Waals surface area contributed by atoms with Crippen LogP contribution in [0.15, 0.2) is 6.07 Å². The van der Waals surface area contributed by atoms with Gasteiger partial charge in [0.2, 0.25) is 5.91 Å². The number of nitrogens with zero attached hydrogens (tertiary/aromatic N) is 5. The predicted octanol–water partition coefficient (Wildman–Crippen LogP) is 0.936. The van der Waals surface area contributed by atoms with Crippen LogP contribution in [-0.2, 0) is 4.79 Å². The fourth-order valence-electron chi connectivity index (χ4n) is 2.76. The summed E-state index contributed by atoms with van der Waals surface area (Å²) < 4.78 is 0. The van der Waals surface area contributed by atoms with Crippen molar-refractivity contribution in [1.29, 1.82) is 0 Å². The topological polar surface area (TPSA) is 69.6 Å². The zero-order valence-corrected chi connectivity index (χ0v) is 14.4. The van der Waals surface area contributed by atoms with Crippen LogP contribution < -0.4 is 4.90 Å². The van der Waals surface area contributed by atoms with Crippen molar-refractivity contribution in [2.75, 3.05) is 44.2 Å². The zero-order valence-electron chi connectivity index (χ0n) is 14.4. The monoisotopic (exact) mass is 319 g/mol. The molecule has 2 amide bonds. The van der Waals surface area contributed by atoms with Gasteiger partial charge in [0.25, 0.3) is 5.91 Å².